The third-order valence-electron chi connectivity index (χ3n) is 6.05. The molecule has 0 aliphatic carbocycles. The molecule has 0 spiro atoms. The molecule has 0 saturated carbocycles. The molecule has 2 aromatic heterocycles. The van der Waals surface area contributed by atoms with Gasteiger partial charge in [-0.3, -0.25) is 14.6 Å². The fourth-order valence-electron chi connectivity index (χ4n) is 4.33. The van der Waals surface area contributed by atoms with E-state index in [2.05, 4.69) is 47.7 Å². The van der Waals surface area contributed by atoms with E-state index in [0.29, 0.717) is 44.0 Å². The smallest absolute Gasteiger partial charge is 0.253 e. The standard InChI is InChI=1S/C26H29N3O2S/c1-19(2)17-28-25(31)26(11-14-29(18-26)24(30)20-9-12-27-13-10-20)16-21-6-3-4-7-22(21)23-8-5-15-32-23/h3-10,12-13,15,19H,11,14,16-18H2,1-2H3,(H,28,31)/t26-/m0/s1. The van der Waals surface area contributed by atoms with Crippen molar-refractivity contribution in [3.8, 4) is 10.4 Å². The Labute approximate surface area is 193 Å². The number of nitrogens with one attached hydrogen (secondary N) is 1. The van der Waals surface area contributed by atoms with E-state index in [4.69, 9.17) is 0 Å². The molecule has 3 aromatic rings. The number of rotatable bonds is 7. The molecule has 1 aliphatic heterocycles. The zero-order chi connectivity index (χ0) is 22.6. The largest absolute Gasteiger partial charge is 0.355 e. The lowest BCUT2D eigenvalue weighted by Gasteiger charge is -2.29. The highest BCUT2D eigenvalue weighted by molar-refractivity contribution is 7.13. The van der Waals surface area contributed by atoms with E-state index in [1.807, 2.05) is 23.1 Å². The molecular formula is C26H29N3O2S. The van der Waals surface area contributed by atoms with Crippen LogP contribution in [0.2, 0.25) is 0 Å². The van der Waals surface area contributed by atoms with Crippen molar-refractivity contribution in [1.82, 2.24) is 15.2 Å². The summed E-state index contributed by atoms with van der Waals surface area (Å²) in [5.41, 5.74) is 2.27. The Morgan fingerprint density at radius 3 is 2.62 bits per heavy atom. The number of nitrogens with zero attached hydrogens (tertiary/aromatic N) is 2. The van der Waals surface area contributed by atoms with Crippen LogP contribution in [0.3, 0.4) is 0 Å². The maximum absolute atomic E-state index is 13.5. The number of pyridine rings is 1. The Balaban J connectivity index is 1.63. The van der Waals surface area contributed by atoms with E-state index in [-0.39, 0.29) is 11.8 Å². The lowest BCUT2D eigenvalue weighted by atomic mass is 9.78. The summed E-state index contributed by atoms with van der Waals surface area (Å²) < 4.78 is 0. The second kappa shape index (κ2) is 9.65. The number of hydrogen-bond donors (Lipinski definition) is 1. The molecule has 6 heteroatoms. The Morgan fingerprint density at radius 1 is 1.12 bits per heavy atom. The molecule has 1 aromatic carbocycles. The monoisotopic (exact) mass is 447 g/mol. The van der Waals surface area contributed by atoms with Crippen LogP contribution in [0.25, 0.3) is 10.4 Å². The van der Waals surface area contributed by atoms with Gasteiger partial charge >= 0.3 is 0 Å². The highest BCUT2D eigenvalue weighted by Gasteiger charge is 2.46. The van der Waals surface area contributed by atoms with Gasteiger partial charge in [-0.1, -0.05) is 44.2 Å². The maximum Gasteiger partial charge on any atom is 0.253 e. The number of benzene rings is 1. The van der Waals surface area contributed by atoms with Crippen molar-refractivity contribution in [3.63, 3.8) is 0 Å². The van der Waals surface area contributed by atoms with Gasteiger partial charge < -0.3 is 10.2 Å². The van der Waals surface area contributed by atoms with Crippen LogP contribution in [-0.4, -0.2) is 41.3 Å². The van der Waals surface area contributed by atoms with Gasteiger partial charge in [-0.25, -0.2) is 0 Å². The van der Waals surface area contributed by atoms with Crippen molar-refractivity contribution in [1.29, 1.82) is 0 Å². The lowest BCUT2D eigenvalue weighted by molar-refractivity contribution is -0.130. The number of likely N-dealkylation sites (tertiary alicyclic amines) is 1. The molecule has 2 amide bonds. The molecular weight excluding hydrogens is 418 g/mol. The molecule has 5 nitrogen and oxygen atoms in total. The number of carbonyl (C=O) groups is 2. The summed E-state index contributed by atoms with van der Waals surface area (Å²) in [6.07, 6.45) is 4.50. The summed E-state index contributed by atoms with van der Waals surface area (Å²) in [5.74, 6) is 0.361. The van der Waals surface area contributed by atoms with Crippen molar-refractivity contribution in [2.24, 2.45) is 11.3 Å². The normalized spacial score (nSPS) is 18.2. The van der Waals surface area contributed by atoms with Gasteiger partial charge in [0.2, 0.25) is 5.91 Å². The first kappa shape index (κ1) is 22.2. The molecule has 0 bridgehead atoms. The van der Waals surface area contributed by atoms with Crippen molar-refractivity contribution >= 4 is 23.2 Å². The van der Waals surface area contributed by atoms with Crippen LogP contribution in [0, 0.1) is 11.3 Å². The van der Waals surface area contributed by atoms with Crippen molar-refractivity contribution in [3.05, 3.63) is 77.4 Å². The van der Waals surface area contributed by atoms with Gasteiger partial charge in [0.25, 0.3) is 5.91 Å². The third-order valence-corrected chi connectivity index (χ3v) is 6.96. The van der Waals surface area contributed by atoms with Crippen LogP contribution in [0.15, 0.2) is 66.3 Å². The van der Waals surface area contributed by atoms with Crippen molar-refractivity contribution < 1.29 is 9.59 Å². The quantitative estimate of drug-likeness (QED) is 0.573. The molecule has 3 heterocycles. The minimum atomic E-state index is -0.648. The summed E-state index contributed by atoms with van der Waals surface area (Å²) in [6.45, 7) is 5.79. The van der Waals surface area contributed by atoms with Gasteiger partial charge in [-0.15, -0.1) is 11.3 Å². The van der Waals surface area contributed by atoms with Crippen LogP contribution in [0.5, 0.6) is 0 Å². The van der Waals surface area contributed by atoms with Crippen LogP contribution in [-0.2, 0) is 11.2 Å². The number of aromatic nitrogens is 1. The van der Waals surface area contributed by atoms with Crippen LogP contribution < -0.4 is 5.32 Å². The van der Waals surface area contributed by atoms with Gasteiger partial charge in [-0.05, 0) is 53.5 Å². The van der Waals surface area contributed by atoms with Crippen molar-refractivity contribution in [2.75, 3.05) is 19.6 Å². The average Bonchev–Trinajstić information content (AvgIpc) is 3.49. The summed E-state index contributed by atoms with van der Waals surface area (Å²) in [4.78, 5) is 33.6. The van der Waals surface area contributed by atoms with E-state index < -0.39 is 5.41 Å². The van der Waals surface area contributed by atoms with Crippen LogP contribution in [0.1, 0.15) is 36.2 Å². The minimum Gasteiger partial charge on any atom is -0.355 e. The second-order valence-corrected chi connectivity index (χ2v) is 9.86. The number of amides is 2. The Hall–Kier alpha value is -2.99. The lowest BCUT2D eigenvalue weighted by Crippen LogP contribution is -2.46. The number of thiophene rings is 1. The first-order valence-corrected chi connectivity index (χ1v) is 12.0. The summed E-state index contributed by atoms with van der Waals surface area (Å²) in [6, 6.07) is 15.9. The zero-order valence-corrected chi connectivity index (χ0v) is 19.4. The maximum atomic E-state index is 13.5. The Bertz CT molecular complexity index is 1070. The molecule has 166 valence electrons. The molecule has 32 heavy (non-hydrogen) atoms. The minimum absolute atomic E-state index is 0.0391. The van der Waals surface area contributed by atoms with E-state index in [1.165, 1.54) is 4.88 Å². The molecule has 1 saturated heterocycles. The topological polar surface area (TPSA) is 62.3 Å². The van der Waals surface area contributed by atoms with E-state index >= 15 is 0 Å². The third kappa shape index (κ3) is 4.75. The van der Waals surface area contributed by atoms with Crippen molar-refractivity contribution in [2.45, 2.75) is 26.7 Å². The van der Waals surface area contributed by atoms with E-state index in [9.17, 15) is 9.59 Å². The summed E-state index contributed by atoms with van der Waals surface area (Å²) in [7, 11) is 0. The SMILES string of the molecule is CC(C)CNC(=O)[C@]1(Cc2ccccc2-c2cccs2)CCN(C(=O)c2ccncc2)C1. The van der Waals surface area contributed by atoms with E-state index in [1.54, 1.807) is 35.9 Å². The average molecular weight is 448 g/mol. The van der Waals surface area contributed by atoms with Crippen LogP contribution in [0.4, 0.5) is 0 Å². The molecule has 1 aliphatic rings. The molecule has 0 unspecified atom stereocenters. The summed E-state index contributed by atoms with van der Waals surface area (Å²) >= 11 is 1.70. The fourth-order valence-corrected chi connectivity index (χ4v) is 5.12. The zero-order valence-electron chi connectivity index (χ0n) is 18.6. The highest BCUT2D eigenvalue weighted by atomic mass is 32.1. The molecule has 0 radical (unpaired) electrons. The molecule has 4 rings (SSSR count). The molecule has 1 fully saturated rings. The number of carbonyl (C=O) groups excluding carboxylic acids is 2. The molecule has 1 atom stereocenters. The predicted molar refractivity (Wildman–Crippen MR) is 128 cm³/mol. The Kier molecular flexibility index (Phi) is 6.70. The highest BCUT2D eigenvalue weighted by Crippen LogP contribution is 2.39. The van der Waals surface area contributed by atoms with Gasteiger partial charge in [0.05, 0.1) is 5.41 Å². The molecule has 1 N–H and O–H groups in total. The first-order chi connectivity index (χ1) is 15.5. The first-order valence-electron chi connectivity index (χ1n) is 11.1. The number of hydrogen-bond acceptors (Lipinski definition) is 4. The fraction of sp³-hybridized carbons (Fsp3) is 0.346. The van der Waals surface area contributed by atoms with Gasteiger partial charge in [0.1, 0.15) is 0 Å². The van der Waals surface area contributed by atoms with E-state index in [0.717, 1.165) is 11.1 Å². The Morgan fingerprint density at radius 2 is 1.91 bits per heavy atom. The van der Waals surface area contributed by atoms with Gasteiger partial charge in [-0.2, -0.15) is 0 Å². The van der Waals surface area contributed by atoms with Gasteiger partial charge in [0, 0.05) is 42.5 Å². The van der Waals surface area contributed by atoms with Crippen LogP contribution >= 0.6 is 11.3 Å². The predicted octanol–water partition coefficient (Wildman–Crippen LogP) is 4.66. The second-order valence-electron chi connectivity index (χ2n) is 8.91. The summed E-state index contributed by atoms with van der Waals surface area (Å²) in [5, 5.41) is 5.23. The van der Waals surface area contributed by atoms with Gasteiger partial charge in [0.15, 0.2) is 0 Å².